The molecule has 0 amide bonds. The van der Waals surface area contributed by atoms with Crippen molar-refractivity contribution in [2.75, 3.05) is 11.9 Å². The first kappa shape index (κ1) is 14.5. The van der Waals surface area contributed by atoms with Crippen molar-refractivity contribution in [3.63, 3.8) is 0 Å². The lowest BCUT2D eigenvalue weighted by Crippen LogP contribution is -2.18. The van der Waals surface area contributed by atoms with Crippen molar-refractivity contribution in [3.05, 3.63) is 50.4 Å². The van der Waals surface area contributed by atoms with Gasteiger partial charge in [-0.2, -0.15) is 0 Å². The third kappa shape index (κ3) is 3.35. The molecule has 0 radical (unpaired) electrons. The third-order valence-corrected chi connectivity index (χ3v) is 4.56. The molecule has 19 heavy (non-hydrogen) atoms. The van der Waals surface area contributed by atoms with Gasteiger partial charge in [0.2, 0.25) is 0 Å². The van der Waals surface area contributed by atoms with Crippen LogP contribution in [-0.2, 0) is 6.54 Å². The number of halogens is 2. The van der Waals surface area contributed by atoms with Crippen LogP contribution >= 0.6 is 27.3 Å². The molecule has 0 spiro atoms. The first-order valence-electron chi connectivity index (χ1n) is 5.89. The van der Waals surface area contributed by atoms with Crippen molar-refractivity contribution in [3.8, 4) is 0 Å². The van der Waals surface area contributed by atoms with Gasteiger partial charge in [-0.25, -0.2) is 4.39 Å². The zero-order chi connectivity index (χ0) is 14.0. The molecule has 102 valence electrons. The van der Waals surface area contributed by atoms with Crippen LogP contribution in [0.3, 0.4) is 0 Å². The molecule has 0 bridgehead atoms. The molecule has 0 aliphatic heterocycles. The van der Waals surface area contributed by atoms with Gasteiger partial charge in [0.25, 0.3) is 0 Å². The standard InChI is InChI=1S/C14H15BrFNOS/c1-9(18)14-12(16)4-3-5-13(14)17(2)7-11-6-10(15)8-19-11/h3-6,8-9,18H,7H2,1-2H3/t9-/m1/s1. The van der Waals surface area contributed by atoms with E-state index in [2.05, 4.69) is 15.9 Å². The second-order valence-corrected chi connectivity index (χ2v) is 6.35. The topological polar surface area (TPSA) is 23.5 Å². The van der Waals surface area contributed by atoms with Crippen LogP contribution in [0.25, 0.3) is 0 Å². The van der Waals surface area contributed by atoms with Gasteiger partial charge < -0.3 is 10.0 Å². The van der Waals surface area contributed by atoms with Crippen molar-refractivity contribution in [1.29, 1.82) is 0 Å². The summed E-state index contributed by atoms with van der Waals surface area (Å²) >= 11 is 5.07. The van der Waals surface area contributed by atoms with Gasteiger partial charge in [0.15, 0.2) is 0 Å². The van der Waals surface area contributed by atoms with Crippen LogP contribution in [0.1, 0.15) is 23.5 Å². The Labute approximate surface area is 124 Å². The summed E-state index contributed by atoms with van der Waals surface area (Å²) < 4.78 is 14.9. The van der Waals surface area contributed by atoms with E-state index in [9.17, 15) is 9.50 Å². The fourth-order valence-electron chi connectivity index (χ4n) is 2.03. The van der Waals surface area contributed by atoms with Crippen LogP contribution in [-0.4, -0.2) is 12.2 Å². The van der Waals surface area contributed by atoms with Gasteiger partial charge in [0.05, 0.1) is 12.6 Å². The summed E-state index contributed by atoms with van der Waals surface area (Å²) in [6.07, 6.45) is -0.825. The first-order valence-corrected chi connectivity index (χ1v) is 7.57. The second-order valence-electron chi connectivity index (χ2n) is 4.44. The van der Waals surface area contributed by atoms with Crippen molar-refractivity contribution in [1.82, 2.24) is 0 Å². The molecular weight excluding hydrogens is 329 g/mol. The highest BCUT2D eigenvalue weighted by Crippen LogP contribution is 2.30. The SMILES string of the molecule is C[C@@H](O)c1c(F)cccc1N(C)Cc1cc(Br)cs1. The van der Waals surface area contributed by atoms with Gasteiger partial charge >= 0.3 is 0 Å². The first-order chi connectivity index (χ1) is 8.99. The Hall–Kier alpha value is -0.910. The Morgan fingerprint density at radius 1 is 1.47 bits per heavy atom. The number of aliphatic hydroxyl groups is 1. The predicted molar refractivity (Wildman–Crippen MR) is 81.2 cm³/mol. The Kier molecular flexibility index (Phi) is 4.60. The minimum atomic E-state index is -0.825. The summed E-state index contributed by atoms with van der Waals surface area (Å²) in [5.74, 6) is -0.369. The van der Waals surface area contributed by atoms with Crippen molar-refractivity contribution in [2.45, 2.75) is 19.6 Å². The molecule has 0 fully saturated rings. The number of anilines is 1. The number of thiophene rings is 1. The van der Waals surface area contributed by atoms with Crippen molar-refractivity contribution >= 4 is 33.0 Å². The lowest BCUT2D eigenvalue weighted by atomic mass is 10.1. The summed E-state index contributed by atoms with van der Waals surface area (Å²) in [6, 6.07) is 6.91. The maximum absolute atomic E-state index is 13.8. The van der Waals surface area contributed by atoms with Crippen LogP contribution in [0.2, 0.25) is 0 Å². The maximum atomic E-state index is 13.8. The van der Waals surface area contributed by atoms with E-state index in [4.69, 9.17) is 0 Å². The van der Waals surface area contributed by atoms with Crippen LogP contribution in [0.15, 0.2) is 34.1 Å². The number of nitrogens with zero attached hydrogens (tertiary/aromatic N) is 1. The number of benzene rings is 1. The second kappa shape index (κ2) is 6.03. The van der Waals surface area contributed by atoms with E-state index in [1.54, 1.807) is 24.3 Å². The van der Waals surface area contributed by atoms with Gasteiger partial charge in [0, 0.05) is 33.0 Å². The van der Waals surface area contributed by atoms with Gasteiger partial charge in [-0.05, 0) is 41.1 Å². The van der Waals surface area contributed by atoms with E-state index in [1.165, 1.54) is 10.9 Å². The molecule has 1 aromatic heterocycles. The number of aliphatic hydroxyl groups excluding tert-OH is 1. The summed E-state index contributed by atoms with van der Waals surface area (Å²) in [4.78, 5) is 3.12. The van der Waals surface area contributed by atoms with Crippen LogP contribution in [0, 0.1) is 5.82 Å². The molecule has 1 heterocycles. The Morgan fingerprint density at radius 3 is 2.79 bits per heavy atom. The molecule has 1 atom stereocenters. The van der Waals surface area contributed by atoms with Gasteiger partial charge in [-0.15, -0.1) is 11.3 Å². The van der Waals surface area contributed by atoms with E-state index in [0.29, 0.717) is 12.1 Å². The lowest BCUT2D eigenvalue weighted by Gasteiger charge is -2.23. The Morgan fingerprint density at radius 2 is 2.21 bits per heavy atom. The summed E-state index contributed by atoms with van der Waals surface area (Å²) in [5.41, 5.74) is 1.07. The minimum Gasteiger partial charge on any atom is -0.389 e. The molecule has 2 nitrogen and oxygen atoms in total. The molecule has 1 N–H and O–H groups in total. The van der Waals surface area contributed by atoms with E-state index in [1.807, 2.05) is 29.5 Å². The summed E-state index contributed by atoms with van der Waals surface area (Å²) in [6.45, 7) is 2.26. The maximum Gasteiger partial charge on any atom is 0.131 e. The number of hydrogen-bond acceptors (Lipinski definition) is 3. The van der Waals surface area contributed by atoms with Crippen molar-refractivity contribution in [2.24, 2.45) is 0 Å². The van der Waals surface area contributed by atoms with Crippen LogP contribution < -0.4 is 4.90 Å². The number of hydrogen-bond donors (Lipinski definition) is 1. The molecule has 5 heteroatoms. The molecule has 0 aliphatic carbocycles. The van der Waals surface area contributed by atoms with E-state index in [0.717, 1.165) is 10.2 Å². The highest BCUT2D eigenvalue weighted by atomic mass is 79.9. The molecule has 0 saturated heterocycles. The summed E-state index contributed by atoms with van der Waals surface area (Å²) in [5, 5.41) is 11.8. The fourth-order valence-corrected chi connectivity index (χ4v) is 3.53. The molecule has 1 aromatic carbocycles. The quantitative estimate of drug-likeness (QED) is 0.892. The third-order valence-electron chi connectivity index (χ3n) is 2.87. The van der Waals surface area contributed by atoms with E-state index < -0.39 is 6.10 Å². The van der Waals surface area contributed by atoms with Crippen molar-refractivity contribution < 1.29 is 9.50 Å². The molecular formula is C14H15BrFNOS. The average molecular weight is 344 g/mol. The molecule has 0 aliphatic rings. The van der Waals surface area contributed by atoms with Crippen LogP contribution in [0.4, 0.5) is 10.1 Å². The molecule has 0 unspecified atom stereocenters. The van der Waals surface area contributed by atoms with Gasteiger partial charge in [0.1, 0.15) is 5.82 Å². The van der Waals surface area contributed by atoms with Gasteiger partial charge in [-0.1, -0.05) is 6.07 Å². The molecule has 0 saturated carbocycles. The average Bonchev–Trinajstić information content (AvgIpc) is 2.73. The Bertz CT molecular complexity index is 570. The van der Waals surface area contributed by atoms with Crippen LogP contribution in [0.5, 0.6) is 0 Å². The van der Waals surface area contributed by atoms with Gasteiger partial charge in [-0.3, -0.25) is 0 Å². The Balaban J connectivity index is 2.28. The summed E-state index contributed by atoms with van der Waals surface area (Å²) in [7, 11) is 1.90. The molecule has 2 rings (SSSR count). The fraction of sp³-hybridized carbons (Fsp3) is 0.286. The largest absolute Gasteiger partial charge is 0.389 e. The normalized spacial score (nSPS) is 12.5. The smallest absolute Gasteiger partial charge is 0.131 e. The highest BCUT2D eigenvalue weighted by Gasteiger charge is 2.16. The minimum absolute atomic E-state index is 0.348. The van der Waals surface area contributed by atoms with E-state index in [-0.39, 0.29) is 5.82 Å². The lowest BCUT2D eigenvalue weighted by molar-refractivity contribution is 0.194. The monoisotopic (exact) mass is 343 g/mol. The number of rotatable bonds is 4. The zero-order valence-corrected chi connectivity index (χ0v) is 13.1. The zero-order valence-electron chi connectivity index (χ0n) is 10.7. The molecule has 2 aromatic rings. The van der Waals surface area contributed by atoms with E-state index >= 15 is 0 Å². The predicted octanol–water partition coefficient (Wildman–Crippen LogP) is 4.34. The highest BCUT2D eigenvalue weighted by molar-refractivity contribution is 9.10.